The van der Waals surface area contributed by atoms with E-state index in [-0.39, 0.29) is 5.82 Å². The summed E-state index contributed by atoms with van der Waals surface area (Å²) in [5, 5.41) is 5.23. The molecule has 0 aliphatic carbocycles. The number of rotatable bonds is 4. The van der Waals surface area contributed by atoms with Gasteiger partial charge < -0.3 is 24.8 Å². The van der Waals surface area contributed by atoms with Gasteiger partial charge in [-0.3, -0.25) is 9.59 Å². The van der Waals surface area contributed by atoms with Crippen LogP contribution in [-0.2, 0) is 9.59 Å². The minimum Gasteiger partial charge on any atom is -0.497 e. The molecule has 0 spiro atoms. The fourth-order valence-corrected chi connectivity index (χ4v) is 2.36. The number of hydrogen-bond acceptors (Lipinski definition) is 6. The molecule has 0 saturated carbocycles. The molecule has 0 fully saturated rings. The van der Waals surface area contributed by atoms with E-state index < -0.39 is 17.4 Å². The number of benzene rings is 1. The lowest BCUT2D eigenvalue weighted by molar-refractivity contribution is -0.143. The van der Waals surface area contributed by atoms with Crippen LogP contribution in [0.5, 0.6) is 17.2 Å². The molecule has 8 heteroatoms. The predicted octanol–water partition coefficient (Wildman–Crippen LogP) is 1.83. The molecule has 1 aliphatic rings. The second kappa shape index (κ2) is 6.31. The third-order valence-electron chi connectivity index (χ3n) is 3.84. The quantitative estimate of drug-likeness (QED) is 0.822. The number of aromatic nitrogens is 1. The smallest absolute Gasteiger partial charge is 0.279 e. The molecule has 25 heavy (non-hydrogen) atoms. The highest BCUT2D eigenvalue weighted by molar-refractivity contribution is 6.18. The van der Waals surface area contributed by atoms with Crippen molar-refractivity contribution in [1.82, 2.24) is 4.98 Å². The van der Waals surface area contributed by atoms with Crippen molar-refractivity contribution in [2.24, 2.45) is 0 Å². The average Bonchev–Trinajstić information content (AvgIpc) is 2.62. The third-order valence-corrected chi connectivity index (χ3v) is 3.84. The zero-order chi connectivity index (χ0) is 18.0. The van der Waals surface area contributed by atoms with E-state index in [4.69, 9.17) is 14.2 Å². The first-order valence-corrected chi connectivity index (χ1v) is 7.47. The van der Waals surface area contributed by atoms with Crippen LogP contribution in [0.3, 0.4) is 0 Å². The molecule has 2 N–H and O–H groups in total. The van der Waals surface area contributed by atoms with Crippen LogP contribution in [0.1, 0.15) is 6.92 Å². The monoisotopic (exact) mass is 343 g/mol. The number of carbonyl (C=O) groups is 2. The van der Waals surface area contributed by atoms with Gasteiger partial charge in [0.15, 0.2) is 11.6 Å². The molecule has 2 heterocycles. The maximum atomic E-state index is 12.8. The predicted molar refractivity (Wildman–Crippen MR) is 90.1 cm³/mol. The van der Waals surface area contributed by atoms with Gasteiger partial charge in [-0.15, -0.1) is 0 Å². The number of nitrogens with one attached hydrogen (secondary N) is 2. The van der Waals surface area contributed by atoms with Crippen molar-refractivity contribution in [3.05, 3.63) is 36.5 Å². The molecular formula is C17H17N3O5. The molecule has 1 atom stereocenters. The fourth-order valence-electron chi connectivity index (χ4n) is 2.36. The number of hydrogen-bond donors (Lipinski definition) is 2. The first kappa shape index (κ1) is 16.6. The van der Waals surface area contributed by atoms with Crippen molar-refractivity contribution in [2.45, 2.75) is 12.5 Å². The Morgan fingerprint density at radius 3 is 2.80 bits per heavy atom. The molecule has 3 rings (SSSR count). The maximum Gasteiger partial charge on any atom is 0.279 e. The van der Waals surface area contributed by atoms with Crippen LogP contribution in [0.4, 0.5) is 11.5 Å². The van der Waals surface area contributed by atoms with Gasteiger partial charge in [0.2, 0.25) is 0 Å². The number of amides is 2. The van der Waals surface area contributed by atoms with Crippen LogP contribution < -0.4 is 24.8 Å². The number of methoxy groups -OCH3 is 2. The van der Waals surface area contributed by atoms with Crippen molar-refractivity contribution in [3.63, 3.8) is 0 Å². The van der Waals surface area contributed by atoms with Crippen molar-refractivity contribution in [3.8, 4) is 17.2 Å². The van der Waals surface area contributed by atoms with E-state index >= 15 is 0 Å². The van der Waals surface area contributed by atoms with E-state index in [0.29, 0.717) is 22.9 Å². The zero-order valence-electron chi connectivity index (χ0n) is 14.0. The largest absolute Gasteiger partial charge is 0.497 e. The van der Waals surface area contributed by atoms with Crippen LogP contribution in [0, 0.1) is 0 Å². The summed E-state index contributed by atoms with van der Waals surface area (Å²) in [6.07, 6.45) is 1.52. The summed E-state index contributed by atoms with van der Waals surface area (Å²) in [6.45, 7) is 1.39. The van der Waals surface area contributed by atoms with Crippen LogP contribution in [0.15, 0.2) is 36.5 Å². The molecule has 0 unspecified atom stereocenters. The summed E-state index contributed by atoms with van der Waals surface area (Å²) in [7, 11) is 2.99. The molecular weight excluding hydrogens is 326 g/mol. The van der Waals surface area contributed by atoms with Gasteiger partial charge in [0.25, 0.3) is 17.4 Å². The van der Waals surface area contributed by atoms with E-state index in [9.17, 15) is 9.59 Å². The Hall–Kier alpha value is -3.29. The van der Waals surface area contributed by atoms with Crippen molar-refractivity contribution < 1.29 is 23.8 Å². The van der Waals surface area contributed by atoms with E-state index in [1.54, 1.807) is 30.3 Å². The van der Waals surface area contributed by atoms with Gasteiger partial charge in [0, 0.05) is 12.3 Å². The van der Waals surface area contributed by atoms with E-state index in [1.807, 2.05) is 0 Å². The lowest BCUT2D eigenvalue weighted by Crippen LogP contribution is -2.56. The summed E-state index contributed by atoms with van der Waals surface area (Å²) in [6, 6.07) is 8.22. The van der Waals surface area contributed by atoms with Crippen LogP contribution in [0.2, 0.25) is 0 Å². The molecule has 1 aromatic carbocycles. The molecule has 0 saturated heterocycles. The number of fused-ring (bicyclic) bond motifs is 1. The van der Waals surface area contributed by atoms with Gasteiger partial charge >= 0.3 is 0 Å². The summed E-state index contributed by atoms with van der Waals surface area (Å²) in [5.74, 6) is 0.291. The lowest BCUT2D eigenvalue weighted by atomic mass is 10.0. The second-order valence-corrected chi connectivity index (χ2v) is 5.46. The second-order valence-electron chi connectivity index (χ2n) is 5.46. The topological polar surface area (TPSA) is 98.8 Å². The molecule has 130 valence electrons. The van der Waals surface area contributed by atoms with Gasteiger partial charge in [0.1, 0.15) is 11.5 Å². The van der Waals surface area contributed by atoms with Gasteiger partial charge in [-0.05, 0) is 31.2 Å². The normalized spacial score (nSPS) is 18.4. The lowest BCUT2D eigenvalue weighted by Gasteiger charge is -2.32. The van der Waals surface area contributed by atoms with E-state index in [0.717, 1.165) is 0 Å². The van der Waals surface area contributed by atoms with E-state index in [2.05, 4.69) is 15.6 Å². The summed E-state index contributed by atoms with van der Waals surface area (Å²) < 4.78 is 16.0. The number of ether oxygens (including phenoxy) is 3. The van der Waals surface area contributed by atoms with Gasteiger partial charge in [-0.1, -0.05) is 0 Å². The number of nitrogens with zero attached hydrogens (tertiary/aromatic N) is 1. The van der Waals surface area contributed by atoms with Gasteiger partial charge in [0.05, 0.1) is 19.9 Å². The Kier molecular flexibility index (Phi) is 4.18. The van der Waals surface area contributed by atoms with Crippen LogP contribution in [0.25, 0.3) is 0 Å². The first-order valence-electron chi connectivity index (χ1n) is 7.47. The van der Waals surface area contributed by atoms with Crippen LogP contribution in [-0.4, -0.2) is 36.6 Å². The highest BCUT2D eigenvalue weighted by atomic mass is 16.5. The van der Waals surface area contributed by atoms with Gasteiger partial charge in [-0.2, -0.15) is 0 Å². The molecule has 1 aliphatic heterocycles. The fraction of sp³-hybridized carbons (Fsp3) is 0.235. The first-order chi connectivity index (χ1) is 12.0. The third kappa shape index (κ3) is 2.93. The highest BCUT2D eigenvalue weighted by Crippen LogP contribution is 2.34. The molecule has 0 radical (unpaired) electrons. The molecule has 1 aromatic heterocycles. The Morgan fingerprint density at radius 2 is 2.08 bits per heavy atom. The molecule has 0 bridgehead atoms. The number of carbonyl (C=O) groups excluding carboxylic acids is 2. The minimum absolute atomic E-state index is 0.275. The Bertz CT molecular complexity index is 839. The summed E-state index contributed by atoms with van der Waals surface area (Å²) >= 11 is 0. The molecule has 2 amide bonds. The standard InChI is InChI=1S/C17H17N3O5/c1-17(16(22)20-14-13(25-17)5-4-8-18-14)15(21)19-11-9-10(23-2)6-7-12(11)24-3/h4-9H,1-3H3,(H,19,21)(H,18,20,22)/t17-/m1/s1. The molecule has 8 nitrogen and oxygen atoms in total. The SMILES string of the molecule is COc1ccc(OC)c(NC(=O)[C@@]2(C)Oc3cccnc3NC2=O)c1. The Morgan fingerprint density at radius 1 is 1.28 bits per heavy atom. The molecule has 2 aromatic rings. The average molecular weight is 343 g/mol. The summed E-state index contributed by atoms with van der Waals surface area (Å²) in [5.41, 5.74) is -1.40. The van der Waals surface area contributed by atoms with Crippen LogP contribution >= 0.6 is 0 Å². The highest BCUT2D eigenvalue weighted by Gasteiger charge is 2.47. The Labute approximate surface area is 144 Å². The van der Waals surface area contributed by atoms with Crippen molar-refractivity contribution >= 4 is 23.3 Å². The minimum atomic E-state index is -1.76. The summed E-state index contributed by atoms with van der Waals surface area (Å²) in [4.78, 5) is 29.2. The van der Waals surface area contributed by atoms with Gasteiger partial charge in [-0.25, -0.2) is 4.98 Å². The number of pyridine rings is 1. The van der Waals surface area contributed by atoms with E-state index in [1.165, 1.54) is 27.3 Å². The zero-order valence-corrected chi connectivity index (χ0v) is 14.0. The maximum absolute atomic E-state index is 12.8. The van der Waals surface area contributed by atoms with Crippen molar-refractivity contribution in [1.29, 1.82) is 0 Å². The van der Waals surface area contributed by atoms with Crippen molar-refractivity contribution in [2.75, 3.05) is 24.9 Å². The number of anilines is 2. The Balaban J connectivity index is 1.90.